The molecule has 0 aromatic heterocycles. The van der Waals surface area contributed by atoms with E-state index in [0.29, 0.717) is 43.4 Å². The van der Waals surface area contributed by atoms with Gasteiger partial charge in [0.1, 0.15) is 12.1 Å². The summed E-state index contributed by atoms with van der Waals surface area (Å²) in [5, 5.41) is 14.3. The normalized spacial score (nSPS) is 16.1. The molecule has 0 spiro atoms. The van der Waals surface area contributed by atoms with Crippen LogP contribution in [-0.4, -0.2) is 78.1 Å². The number of amides is 2. The second kappa shape index (κ2) is 16.5. The van der Waals surface area contributed by atoms with Crippen LogP contribution in [-0.2, 0) is 34.2 Å². The van der Waals surface area contributed by atoms with Crippen molar-refractivity contribution in [1.29, 1.82) is 0 Å². The molecule has 12 nitrogen and oxygen atoms in total. The number of carbonyl (C=O) groups is 4. The van der Waals surface area contributed by atoms with Gasteiger partial charge >= 0.3 is 18.0 Å². The molecule has 3 rings (SSSR count). The van der Waals surface area contributed by atoms with Crippen molar-refractivity contribution in [2.75, 3.05) is 19.6 Å². The average Bonchev–Trinajstić information content (AvgIpc) is 3.03. The number of likely N-dealkylation sites (tertiary alicyclic amines) is 1. The van der Waals surface area contributed by atoms with Crippen molar-refractivity contribution in [2.24, 2.45) is 16.9 Å². The molecule has 1 heterocycles. The summed E-state index contributed by atoms with van der Waals surface area (Å²) in [6, 6.07) is 15.4. The molecular weight excluding hydrogens is 592 g/mol. The first kappa shape index (κ1) is 36.5. The van der Waals surface area contributed by atoms with E-state index >= 15 is 0 Å². The third-order valence-electron chi connectivity index (χ3n) is 7.90. The number of piperidine rings is 1. The largest absolute Gasteiger partial charge is 0.460 e. The first-order valence-electron chi connectivity index (χ1n) is 15.7. The fourth-order valence-corrected chi connectivity index (χ4v) is 5.14. The molecule has 6 N–H and O–H groups in total. The van der Waals surface area contributed by atoms with E-state index in [-0.39, 0.29) is 13.1 Å². The SMILES string of the molecule is CC(OC(=O)[C@H](NC(=O)[C@@H](N)CCCCN)C(C)(C)C)OC(=O)N1CCC(OC(=O)C(O)(c2ccccc2)c2ccccc2)CC1. The van der Waals surface area contributed by atoms with Crippen molar-refractivity contribution in [3.8, 4) is 0 Å². The molecule has 0 radical (unpaired) electrons. The van der Waals surface area contributed by atoms with Gasteiger partial charge in [0.2, 0.25) is 17.8 Å². The van der Waals surface area contributed by atoms with Crippen molar-refractivity contribution >= 4 is 23.9 Å². The number of hydrogen-bond donors (Lipinski definition) is 4. The van der Waals surface area contributed by atoms with E-state index in [0.717, 1.165) is 6.42 Å². The Hall–Kier alpha value is -4.00. The molecule has 1 aliphatic heterocycles. The van der Waals surface area contributed by atoms with Crippen LogP contribution >= 0.6 is 0 Å². The molecule has 2 amide bonds. The number of hydrogen-bond acceptors (Lipinski definition) is 10. The third-order valence-corrected chi connectivity index (χ3v) is 7.90. The molecule has 1 fully saturated rings. The Kier molecular flexibility index (Phi) is 13.1. The summed E-state index contributed by atoms with van der Waals surface area (Å²) in [5.74, 6) is -2.04. The van der Waals surface area contributed by atoms with Crippen molar-refractivity contribution in [1.82, 2.24) is 10.2 Å². The van der Waals surface area contributed by atoms with Crippen LogP contribution < -0.4 is 16.8 Å². The van der Waals surface area contributed by atoms with Crippen LogP contribution in [0.25, 0.3) is 0 Å². The number of carbonyl (C=O) groups excluding carboxylic acids is 4. The van der Waals surface area contributed by atoms with E-state index < -0.39 is 59.4 Å². The lowest BCUT2D eigenvalue weighted by Gasteiger charge is -2.34. The van der Waals surface area contributed by atoms with Crippen LogP contribution in [0.4, 0.5) is 4.79 Å². The van der Waals surface area contributed by atoms with Crippen molar-refractivity contribution in [3.63, 3.8) is 0 Å². The van der Waals surface area contributed by atoms with Crippen LogP contribution in [0.2, 0.25) is 0 Å². The fourth-order valence-electron chi connectivity index (χ4n) is 5.14. The zero-order valence-corrected chi connectivity index (χ0v) is 27.1. The van der Waals surface area contributed by atoms with E-state index in [1.807, 2.05) is 0 Å². The number of benzene rings is 2. The molecule has 252 valence electrons. The summed E-state index contributed by atoms with van der Waals surface area (Å²) >= 11 is 0. The minimum atomic E-state index is -2.00. The second-order valence-corrected chi connectivity index (χ2v) is 12.6. The van der Waals surface area contributed by atoms with Crippen LogP contribution in [0.5, 0.6) is 0 Å². The van der Waals surface area contributed by atoms with Crippen LogP contribution in [0.1, 0.15) is 70.9 Å². The zero-order chi connectivity index (χ0) is 33.9. The van der Waals surface area contributed by atoms with E-state index in [1.165, 1.54) is 11.8 Å². The van der Waals surface area contributed by atoms with Gasteiger partial charge in [0.15, 0.2) is 0 Å². The van der Waals surface area contributed by atoms with Crippen molar-refractivity contribution in [3.05, 3.63) is 71.8 Å². The van der Waals surface area contributed by atoms with Crippen molar-refractivity contribution < 1.29 is 38.5 Å². The molecule has 0 bridgehead atoms. The number of rotatable bonds is 13. The van der Waals surface area contributed by atoms with Gasteiger partial charge in [-0.2, -0.15) is 0 Å². The molecule has 12 heteroatoms. The molecule has 0 aliphatic carbocycles. The highest BCUT2D eigenvalue weighted by Crippen LogP contribution is 2.32. The Balaban J connectivity index is 1.53. The first-order chi connectivity index (χ1) is 21.8. The number of nitrogens with one attached hydrogen (secondary N) is 1. The van der Waals surface area contributed by atoms with E-state index in [9.17, 15) is 24.3 Å². The van der Waals surface area contributed by atoms with Gasteiger partial charge < -0.3 is 41.0 Å². The molecule has 46 heavy (non-hydrogen) atoms. The highest BCUT2D eigenvalue weighted by atomic mass is 16.7. The van der Waals surface area contributed by atoms with Gasteiger partial charge in [0.25, 0.3) is 0 Å². The van der Waals surface area contributed by atoms with Gasteiger partial charge in [-0.25, -0.2) is 14.4 Å². The van der Waals surface area contributed by atoms with Crippen LogP contribution in [0.3, 0.4) is 0 Å². The molecule has 2 aromatic carbocycles. The highest BCUT2D eigenvalue weighted by Gasteiger charge is 2.43. The van der Waals surface area contributed by atoms with Crippen molar-refractivity contribution in [2.45, 2.75) is 89.9 Å². The molecular formula is C34H48N4O8. The summed E-state index contributed by atoms with van der Waals surface area (Å²) in [6.07, 6.45) is 0.0189. The molecule has 1 saturated heterocycles. The molecule has 3 atom stereocenters. The van der Waals surface area contributed by atoms with Gasteiger partial charge in [-0.05, 0) is 35.9 Å². The minimum absolute atomic E-state index is 0.218. The van der Waals surface area contributed by atoms with Gasteiger partial charge in [0, 0.05) is 32.9 Å². The van der Waals surface area contributed by atoms with Gasteiger partial charge in [-0.15, -0.1) is 0 Å². The maximum Gasteiger partial charge on any atom is 0.412 e. The Morgan fingerprint density at radius 1 is 0.935 bits per heavy atom. The first-order valence-corrected chi connectivity index (χ1v) is 15.7. The lowest BCUT2D eigenvalue weighted by Crippen LogP contribution is -2.54. The maximum absolute atomic E-state index is 13.4. The summed E-state index contributed by atoms with van der Waals surface area (Å²) in [4.78, 5) is 53.4. The summed E-state index contributed by atoms with van der Waals surface area (Å²) in [5.41, 5.74) is 9.55. The number of nitrogens with two attached hydrogens (primary N) is 2. The van der Waals surface area contributed by atoms with Crippen LogP contribution in [0, 0.1) is 5.41 Å². The third kappa shape index (κ3) is 9.75. The Labute approximate surface area is 270 Å². The number of nitrogens with zero attached hydrogens (tertiary/aromatic N) is 1. The molecule has 1 aliphatic rings. The lowest BCUT2D eigenvalue weighted by atomic mass is 9.86. The maximum atomic E-state index is 13.4. The number of unbranched alkanes of at least 4 members (excludes halogenated alkanes) is 1. The topological polar surface area (TPSA) is 184 Å². The second-order valence-electron chi connectivity index (χ2n) is 12.6. The van der Waals surface area contributed by atoms with Gasteiger partial charge in [-0.3, -0.25) is 4.79 Å². The molecule has 1 unspecified atom stereocenters. The van der Waals surface area contributed by atoms with E-state index in [4.69, 9.17) is 25.7 Å². The van der Waals surface area contributed by atoms with E-state index in [1.54, 1.807) is 81.4 Å². The minimum Gasteiger partial charge on any atom is -0.460 e. The summed E-state index contributed by atoms with van der Waals surface area (Å²) in [7, 11) is 0. The number of esters is 2. The van der Waals surface area contributed by atoms with Gasteiger partial charge in [-0.1, -0.05) is 87.9 Å². The average molecular weight is 641 g/mol. The Bertz CT molecular complexity index is 1250. The smallest absolute Gasteiger partial charge is 0.412 e. The Morgan fingerprint density at radius 2 is 1.48 bits per heavy atom. The lowest BCUT2D eigenvalue weighted by molar-refractivity contribution is -0.173. The number of ether oxygens (including phenoxy) is 3. The summed E-state index contributed by atoms with van der Waals surface area (Å²) in [6.45, 7) is 7.66. The molecule has 0 saturated carbocycles. The quantitative estimate of drug-likeness (QED) is 0.144. The predicted molar refractivity (Wildman–Crippen MR) is 171 cm³/mol. The van der Waals surface area contributed by atoms with Crippen LogP contribution in [0.15, 0.2) is 60.7 Å². The predicted octanol–water partition coefficient (Wildman–Crippen LogP) is 2.94. The van der Waals surface area contributed by atoms with E-state index in [2.05, 4.69) is 5.32 Å². The highest BCUT2D eigenvalue weighted by molar-refractivity contribution is 5.88. The Morgan fingerprint density at radius 3 is 1.98 bits per heavy atom. The fraction of sp³-hybridized carbons (Fsp3) is 0.529. The number of aliphatic hydroxyl groups is 1. The van der Waals surface area contributed by atoms with Gasteiger partial charge in [0.05, 0.1) is 6.04 Å². The molecule has 2 aromatic rings. The zero-order valence-electron chi connectivity index (χ0n) is 27.1. The monoisotopic (exact) mass is 640 g/mol. The summed E-state index contributed by atoms with van der Waals surface area (Å²) < 4.78 is 16.5. The standard InChI is InChI=1S/C34H48N4O8/c1-23(44-30(40)28(33(2,3)4)37-29(39)27(36)17-11-12-20-35)45-32(42)38-21-18-26(19-22-38)46-31(41)34(43,24-13-7-5-8-14-24)25-15-9-6-10-16-25/h5-10,13-16,23,26-28,43H,11-12,17-22,35-36H2,1-4H3,(H,37,39)/t23?,27-,28-/m0/s1.